The number of aromatic amines is 1. The van der Waals surface area contributed by atoms with Crippen LogP contribution < -0.4 is 5.56 Å². The number of aromatic carboxylic acids is 1. The second-order valence-corrected chi connectivity index (χ2v) is 3.80. The average Bonchev–Trinajstić information content (AvgIpc) is 2.39. The molecule has 0 unspecified atom stereocenters. The highest BCUT2D eigenvalue weighted by atomic mass is 16.4. The summed E-state index contributed by atoms with van der Waals surface area (Å²) in [6, 6.07) is 4.99. The summed E-state index contributed by atoms with van der Waals surface area (Å²) in [7, 11) is 0. The molecule has 0 amide bonds. The minimum Gasteiger partial charge on any atom is -0.477 e. The van der Waals surface area contributed by atoms with E-state index < -0.39 is 11.5 Å². The molecule has 0 atom stereocenters. The molecule has 0 bridgehead atoms. The lowest BCUT2D eigenvalue weighted by Gasteiger charge is -2.08. The maximum absolute atomic E-state index is 11.6. The van der Waals surface area contributed by atoms with E-state index in [2.05, 4.69) is 9.97 Å². The summed E-state index contributed by atoms with van der Waals surface area (Å²) in [5, 5.41) is 8.96. The number of carboxylic acids is 1. The van der Waals surface area contributed by atoms with Crippen molar-refractivity contribution in [1.82, 2.24) is 9.97 Å². The van der Waals surface area contributed by atoms with Crippen LogP contribution >= 0.6 is 0 Å². The van der Waals surface area contributed by atoms with E-state index in [1.807, 2.05) is 13.0 Å². The Kier molecular flexibility index (Phi) is 3.23. The number of carboxylic acid groups (broad SMARTS) is 1. The Labute approximate surface area is 103 Å². The van der Waals surface area contributed by atoms with Gasteiger partial charge in [-0.25, -0.2) is 4.79 Å². The molecule has 0 aromatic carbocycles. The van der Waals surface area contributed by atoms with E-state index in [1.54, 1.807) is 18.5 Å². The van der Waals surface area contributed by atoms with Crippen molar-refractivity contribution in [3.05, 3.63) is 52.2 Å². The van der Waals surface area contributed by atoms with Gasteiger partial charge in [-0.1, -0.05) is 13.0 Å². The Hall–Kier alpha value is -2.43. The van der Waals surface area contributed by atoms with E-state index in [0.29, 0.717) is 17.7 Å². The smallest absolute Gasteiger partial charge is 0.341 e. The third kappa shape index (κ3) is 2.15. The molecule has 92 valence electrons. The normalized spacial score (nSPS) is 10.3. The number of H-pyrrole nitrogens is 1. The van der Waals surface area contributed by atoms with E-state index in [-0.39, 0.29) is 5.56 Å². The van der Waals surface area contributed by atoms with Crippen molar-refractivity contribution < 1.29 is 9.90 Å². The van der Waals surface area contributed by atoms with E-state index in [1.165, 1.54) is 6.07 Å². The topological polar surface area (TPSA) is 83.0 Å². The molecule has 0 saturated carbocycles. The zero-order chi connectivity index (χ0) is 13.1. The molecule has 0 fully saturated rings. The number of hydrogen-bond acceptors (Lipinski definition) is 3. The number of carbonyl (C=O) groups is 1. The molecule has 2 N–H and O–H groups in total. The molecule has 2 aromatic heterocycles. The van der Waals surface area contributed by atoms with Crippen LogP contribution in [0.15, 0.2) is 35.4 Å². The summed E-state index contributed by atoms with van der Waals surface area (Å²) in [6.45, 7) is 1.89. The number of pyridine rings is 2. The predicted octanol–water partition coefficient (Wildman–Crippen LogP) is 1.70. The highest BCUT2D eigenvalue weighted by Crippen LogP contribution is 2.21. The van der Waals surface area contributed by atoms with Crippen LogP contribution in [0, 0.1) is 0 Å². The Morgan fingerprint density at radius 2 is 2.28 bits per heavy atom. The van der Waals surface area contributed by atoms with E-state index in [0.717, 1.165) is 5.56 Å². The predicted molar refractivity (Wildman–Crippen MR) is 66.6 cm³/mol. The van der Waals surface area contributed by atoms with Gasteiger partial charge in [0.25, 0.3) is 5.56 Å². The first-order valence-corrected chi connectivity index (χ1v) is 5.53. The van der Waals surface area contributed by atoms with Crippen molar-refractivity contribution in [1.29, 1.82) is 0 Å². The Balaban J connectivity index is 2.69. The van der Waals surface area contributed by atoms with E-state index >= 15 is 0 Å². The molecule has 5 heteroatoms. The molecule has 0 spiro atoms. The monoisotopic (exact) mass is 244 g/mol. The van der Waals surface area contributed by atoms with Crippen LogP contribution in [0.1, 0.15) is 23.0 Å². The van der Waals surface area contributed by atoms with Crippen molar-refractivity contribution in [3.8, 4) is 11.1 Å². The number of rotatable bonds is 3. The van der Waals surface area contributed by atoms with Crippen molar-refractivity contribution in [3.63, 3.8) is 0 Å². The highest BCUT2D eigenvalue weighted by Gasteiger charge is 2.14. The summed E-state index contributed by atoms with van der Waals surface area (Å²) in [5.41, 5.74) is 1.35. The fraction of sp³-hybridized carbons (Fsp3) is 0.154. The molecule has 2 heterocycles. The number of nitrogens with zero attached hydrogens (tertiary/aromatic N) is 1. The van der Waals surface area contributed by atoms with Crippen LogP contribution in [-0.2, 0) is 6.42 Å². The Bertz CT molecular complexity index is 632. The fourth-order valence-corrected chi connectivity index (χ4v) is 1.79. The van der Waals surface area contributed by atoms with Crippen molar-refractivity contribution in [2.24, 2.45) is 0 Å². The van der Waals surface area contributed by atoms with Gasteiger partial charge in [0.05, 0.1) is 0 Å². The Morgan fingerprint density at radius 1 is 1.50 bits per heavy atom. The van der Waals surface area contributed by atoms with Crippen molar-refractivity contribution in [2.75, 3.05) is 0 Å². The maximum Gasteiger partial charge on any atom is 0.341 e. The molecule has 0 aliphatic heterocycles. The molecule has 2 rings (SSSR count). The second-order valence-electron chi connectivity index (χ2n) is 3.80. The first-order valence-electron chi connectivity index (χ1n) is 5.53. The first-order chi connectivity index (χ1) is 8.63. The molecule has 0 aliphatic carbocycles. The Morgan fingerprint density at radius 3 is 2.83 bits per heavy atom. The van der Waals surface area contributed by atoms with Gasteiger partial charge in [-0.3, -0.25) is 9.78 Å². The zero-order valence-electron chi connectivity index (χ0n) is 9.80. The lowest BCUT2D eigenvalue weighted by molar-refractivity contribution is 0.0695. The maximum atomic E-state index is 11.6. The summed E-state index contributed by atoms with van der Waals surface area (Å²) in [6.07, 6.45) is 3.89. The molecular weight excluding hydrogens is 232 g/mol. The van der Waals surface area contributed by atoms with E-state index in [9.17, 15) is 9.59 Å². The van der Waals surface area contributed by atoms with Gasteiger partial charge < -0.3 is 10.1 Å². The zero-order valence-corrected chi connectivity index (χ0v) is 9.80. The number of nitrogens with one attached hydrogen (secondary N) is 1. The molecule has 2 aromatic rings. The van der Waals surface area contributed by atoms with Gasteiger partial charge in [-0.05, 0) is 18.6 Å². The summed E-state index contributed by atoms with van der Waals surface area (Å²) < 4.78 is 0. The minimum absolute atomic E-state index is 0.258. The number of aromatic nitrogens is 2. The van der Waals surface area contributed by atoms with Gasteiger partial charge in [0.2, 0.25) is 0 Å². The summed E-state index contributed by atoms with van der Waals surface area (Å²) in [5.74, 6) is -1.23. The van der Waals surface area contributed by atoms with Gasteiger partial charge in [0.15, 0.2) is 0 Å². The van der Waals surface area contributed by atoms with Crippen LogP contribution in [0.3, 0.4) is 0 Å². The van der Waals surface area contributed by atoms with Crippen molar-refractivity contribution in [2.45, 2.75) is 13.3 Å². The lowest BCUT2D eigenvalue weighted by atomic mass is 10.0. The fourth-order valence-electron chi connectivity index (χ4n) is 1.79. The molecule has 0 radical (unpaired) electrons. The highest BCUT2D eigenvalue weighted by molar-refractivity contribution is 5.89. The molecule has 0 aliphatic rings. The van der Waals surface area contributed by atoms with Crippen LogP contribution in [0.4, 0.5) is 0 Å². The van der Waals surface area contributed by atoms with Gasteiger partial charge in [0, 0.05) is 29.2 Å². The quantitative estimate of drug-likeness (QED) is 0.860. The first kappa shape index (κ1) is 12.0. The van der Waals surface area contributed by atoms with Crippen LogP contribution in [0.2, 0.25) is 0 Å². The van der Waals surface area contributed by atoms with Gasteiger partial charge in [-0.15, -0.1) is 0 Å². The van der Waals surface area contributed by atoms with Gasteiger partial charge in [-0.2, -0.15) is 0 Å². The molecule has 0 saturated heterocycles. The second kappa shape index (κ2) is 4.83. The molecule has 5 nitrogen and oxygen atoms in total. The number of hydrogen-bond donors (Lipinski definition) is 2. The SMILES string of the molecule is CCc1[nH]c(=O)c(C(=O)O)cc1-c1cccnc1. The van der Waals surface area contributed by atoms with Crippen molar-refractivity contribution >= 4 is 5.97 Å². The average molecular weight is 244 g/mol. The van der Waals surface area contributed by atoms with Crippen LogP contribution in [0.25, 0.3) is 11.1 Å². The third-order valence-electron chi connectivity index (χ3n) is 2.68. The summed E-state index contributed by atoms with van der Waals surface area (Å²) >= 11 is 0. The van der Waals surface area contributed by atoms with Crippen LogP contribution in [-0.4, -0.2) is 21.0 Å². The third-order valence-corrected chi connectivity index (χ3v) is 2.68. The standard InChI is InChI=1S/C13H12N2O3/c1-2-11-9(8-4-3-5-14-7-8)6-10(13(17)18)12(16)15-11/h3-7H,2H2,1H3,(H,15,16)(H,17,18). The molecule has 18 heavy (non-hydrogen) atoms. The van der Waals surface area contributed by atoms with Crippen LogP contribution in [0.5, 0.6) is 0 Å². The minimum atomic E-state index is -1.23. The largest absolute Gasteiger partial charge is 0.477 e. The van der Waals surface area contributed by atoms with Gasteiger partial charge in [0.1, 0.15) is 5.56 Å². The number of aryl methyl sites for hydroxylation is 1. The van der Waals surface area contributed by atoms with E-state index in [4.69, 9.17) is 5.11 Å². The van der Waals surface area contributed by atoms with Gasteiger partial charge >= 0.3 is 5.97 Å². The summed E-state index contributed by atoms with van der Waals surface area (Å²) in [4.78, 5) is 29.1. The molecular formula is C13H12N2O3. The lowest BCUT2D eigenvalue weighted by Crippen LogP contribution is -2.19.